The molecule has 0 aliphatic rings. The first-order chi connectivity index (χ1) is 8.02. The van der Waals surface area contributed by atoms with Crippen molar-refractivity contribution in [3.63, 3.8) is 0 Å². The van der Waals surface area contributed by atoms with Crippen molar-refractivity contribution in [3.05, 3.63) is 18.0 Å². The molecule has 0 saturated carbocycles. The Bertz CT molecular complexity index is 324. The van der Waals surface area contributed by atoms with Gasteiger partial charge in [-0.3, -0.25) is 9.58 Å². The lowest BCUT2D eigenvalue weighted by atomic mass is 10.3. The van der Waals surface area contributed by atoms with E-state index in [1.165, 1.54) is 0 Å². The van der Waals surface area contributed by atoms with Gasteiger partial charge in [0.2, 0.25) is 0 Å². The van der Waals surface area contributed by atoms with Crippen LogP contribution >= 0.6 is 0 Å². The standard InChI is InChI=1S/C12H24N4O/c1-10(2)16-6-5-12(14-16)8-15(3)7-11(13)9-17-4/h5-6,10-11H,7-9,13H2,1-4H3. The minimum atomic E-state index is 0.0529. The maximum absolute atomic E-state index is 5.90. The van der Waals surface area contributed by atoms with Crippen molar-refractivity contribution in [2.45, 2.75) is 32.5 Å². The molecule has 1 unspecified atom stereocenters. The van der Waals surface area contributed by atoms with E-state index in [0.717, 1.165) is 18.8 Å². The van der Waals surface area contributed by atoms with Gasteiger partial charge in [0.25, 0.3) is 0 Å². The quantitative estimate of drug-likeness (QED) is 0.768. The predicted molar refractivity (Wildman–Crippen MR) is 68.8 cm³/mol. The van der Waals surface area contributed by atoms with Gasteiger partial charge in [0.1, 0.15) is 0 Å². The summed E-state index contributed by atoms with van der Waals surface area (Å²) in [5.41, 5.74) is 6.97. The largest absolute Gasteiger partial charge is 0.383 e. The first-order valence-electron chi connectivity index (χ1n) is 6.00. The van der Waals surface area contributed by atoms with E-state index in [1.807, 2.05) is 17.9 Å². The number of methoxy groups -OCH3 is 1. The van der Waals surface area contributed by atoms with Crippen molar-refractivity contribution in [3.8, 4) is 0 Å². The Morgan fingerprint density at radius 1 is 1.53 bits per heavy atom. The van der Waals surface area contributed by atoms with Gasteiger partial charge in [-0.2, -0.15) is 5.10 Å². The molecule has 0 aliphatic heterocycles. The minimum Gasteiger partial charge on any atom is -0.383 e. The number of nitrogens with zero attached hydrogens (tertiary/aromatic N) is 3. The second-order valence-corrected chi connectivity index (χ2v) is 4.79. The first kappa shape index (κ1) is 14.2. The number of rotatable bonds is 7. The lowest BCUT2D eigenvalue weighted by molar-refractivity contribution is 0.159. The molecule has 1 rings (SSSR count). The molecule has 1 atom stereocenters. The van der Waals surface area contributed by atoms with E-state index < -0.39 is 0 Å². The van der Waals surface area contributed by atoms with Gasteiger partial charge in [0, 0.05) is 38.5 Å². The van der Waals surface area contributed by atoms with Crippen molar-refractivity contribution in [2.24, 2.45) is 5.73 Å². The summed E-state index contributed by atoms with van der Waals surface area (Å²) in [7, 11) is 3.72. The lowest BCUT2D eigenvalue weighted by Crippen LogP contribution is -2.38. The van der Waals surface area contributed by atoms with E-state index in [-0.39, 0.29) is 6.04 Å². The molecule has 5 heteroatoms. The van der Waals surface area contributed by atoms with Crippen molar-refractivity contribution in [1.29, 1.82) is 0 Å². The summed E-state index contributed by atoms with van der Waals surface area (Å²) in [4.78, 5) is 2.16. The topological polar surface area (TPSA) is 56.3 Å². The monoisotopic (exact) mass is 240 g/mol. The van der Waals surface area contributed by atoms with Crippen LogP contribution in [0.2, 0.25) is 0 Å². The average Bonchev–Trinajstić information content (AvgIpc) is 2.66. The van der Waals surface area contributed by atoms with E-state index in [0.29, 0.717) is 12.6 Å². The number of hydrogen-bond acceptors (Lipinski definition) is 4. The fraction of sp³-hybridized carbons (Fsp3) is 0.750. The molecule has 17 heavy (non-hydrogen) atoms. The molecule has 0 fully saturated rings. The summed E-state index contributed by atoms with van der Waals surface area (Å²) in [6, 6.07) is 2.51. The third-order valence-corrected chi connectivity index (χ3v) is 2.55. The molecule has 0 aromatic carbocycles. The van der Waals surface area contributed by atoms with Gasteiger partial charge >= 0.3 is 0 Å². The van der Waals surface area contributed by atoms with Crippen LogP contribution in [-0.2, 0) is 11.3 Å². The van der Waals surface area contributed by atoms with Crippen LogP contribution < -0.4 is 5.73 Å². The lowest BCUT2D eigenvalue weighted by Gasteiger charge is -2.19. The van der Waals surface area contributed by atoms with Crippen LogP contribution in [0.5, 0.6) is 0 Å². The highest BCUT2D eigenvalue weighted by molar-refractivity contribution is 4.99. The van der Waals surface area contributed by atoms with Crippen molar-refractivity contribution in [2.75, 3.05) is 27.3 Å². The maximum atomic E-state index is 5.90. The third-order valence-electron chi connectivity index (χ3n) is 2.55. The number of aromatic nitrogens is 2. The predicted octanol–water partition coefficient (Wildman–Crippen LogP) is 0.870. The second-order valence-electron chi connectivity index (χ2n) is 4.79. The summed E-state index contributed by atoms with van der Waals surface area (Å²) >= 11 is 0. The first-order valence-corrected chi connectivity index (χ1v) is 6.00. The highest BCUT2D eigenvalue weighted by Crippen LogP contribution is 2.06. The molecular formula is C12H24N4O. The smallest absolute Gasteiger partial charge is 0.0764 e. The Morgan fingerprint density at radius 3 is 2.76 bits per heavy atom. The zero-order chi connectivity index (χ0) is 12.8. The summed E-state index contributed by atoms with van der Waals surface area (Å²) < 4.78 is 6.99. The zero-order valence-electron chi connectivity index (χ0n) is 11.3. The second kappa shape index (κ2) is 6.74. The van der Waals surface area contributed by atoms with Gasteiger partial charge in [-0.1, -0.05) is 0 Å². The average molecular weight is 240 g/mol. The van der Waals surface area contributed by atoms with Crippen LogP contribution in [-0.4, -0.2) is 48.0 Å². The molecule has 5 nitrogen and oxygen atoms in total. The molecule has 0 amide bonds. The van der Waals surface area contributed by atoms with Gasteiger partial charge in [0.05, 0.1) is 12.3 Å². The van der Waals surface area contributed by atoms with E-state index in [1.54, 1.807) is 7.11 Å². The fourth-order valence-electron chi connectivity index (χ4n) is 1.76. The summed E-state index contributed by atoms with van der Waals surface area (Å²) in [6.45, 7) is 6.45. The number of likely N-dealkylation sites (N-methyl/N-ethyl adjacent to an activating group) is 1. The van der Waals surface area contributed by atoms with E-state index in [9.17, 15) is 0 Å². The molecule has 0 bridgehead atoms. The highest BCUT2D eigenvalue weighted by atomic mass is 16.5. The van der Waals surface area contributed by atoms with Gasteiger partial charge in [-0.15, -0.1) is 0 Å². The minimum absolute atomic E-state index is 0.0529. The molecule has 1 aromatic rings. The van der Waals surface area contributed by atoms with Gasteiger partial charge in [-0.05, 0) is 27.0 Å². The molecule has 0 aliphatic carbocycles. The van der Waals surface area contributed by atoms with Crippen LogP contribution in [0.15, 0.2) is 12.3 Å². The maximum Gasteiger partial charge on any atom is 0.0764 e. The normalized spacial score (nSPS) is 13.6. The number of nitrogens with two attached hydrogens (primary N) is 1. The van der Waals surface area contributed by atoms with Crippen LogP contribution in [0.4, 0.5) is 0 Å². The Balaban J connectivity index is 2.41. The molecule has 0 spiro atoms. The molecule has 98 valence electrons. The van der Waals surface area contributed by atoms with Crippen molar-refractivity contribution >= 4 is 0 Å². The van der Waals surface area contributed by atoms with Crippen LogP contribution in [0.25, 0.3) is 0 Å². The third kappa shape index (κ3) is 4.85. The molecule has 1 heterocycles. The fourth-order valence-corrected chi connectivity index (χ4v) is 1.76. The van der Waals surface area contributed by atoms with Crippen LogP contribution in [0.1, 0.15) is 25.6 Å². The summed E-state index contributed by atoms with van der Waals surface area (Å²) in [5, 5.41) is 4.51. The SMILES string of the molecule is COCC(N)CN(C)Cc1ccn(C(C)C)n1. The molecular weight excluding hydrogens is 216 g/mol. The number of ether oxygens (including phenoxy) is 1. The summed E-state index contributed by atoms with van der Waals surface area (Å²) in [5.74, 6) is 0. The van der Waals surface area contributed by atoms with E-state index in [4.69, 9.17) is 10.5 Å². The number of hydrogen-bond donors (Lipinski definition) is 1. The Kier molecular flexibility index (Phi) is 5.61. The van der Waals surface area contributed by atoms with E-state index >= 15 is 0 Å². The van der Waals surface area contributed by atoms with Crippen molar-refractivity contribution in [1.82, 2.24) is 14.7 Å². The van der Waals surface area contributed by atoms with Gasteiger partial charge in [0.15, 0.2) is 0 Å². The Hall–Kier alpha value is -0.910. The van der Waals surface area contributed by atoms with Gasteiger partial charge < -0.3 is 10.5 Å². The van der Waals surface area contributed by atoms with Crippen molar-refractivity contribution < 1.29 is 4.74 Å². The highest BCUT2D eigenvalue weighted by Gasteiger charge is 2.09. The molecule has 0 saturated heterocycles. The zero-order valence-corrected chi connectivity index (χ0v) is 11.3. The molecule has 0 radical (unpaired) electrons. The van der Waals surface area contributed by atoms with Crippen LogP contribution in [0.3, 0.4) is 0 Å². The summed E-state index contributed by atoms with van der Waals surface area (Å²) in [6.07, 6.45) is 2.02. The van der Waals surface area contributed by atoms with E-state index in [2.05, 4.69) is 29.9 Å². The Labute approximate surface area is 104 Å². The van der Waals surface area contributed by atoms with Crippen LogP contribution in [0, 0.1) is 0 Å². The molecule has 2 N–H and O–H groups in total. The Morgan fingerprint density at radius 2 is 2.24 bits per heavy atom. The molecule has 1 aromatic heterocycles. The van der Waals surface area contributed by atoms with Gasteiger partial charge in [-0.25, -0.2) is 0 Å².